The lowest BCUT2D eigenvalue weighted by atomic mass is 9.85. The molecule has 0 saturated carbocycles. The van der Waals surface area contributed by atoms with Crippen LogP contribution in [0.15, 0.2) is 176 Å². The first-order valence-corrected chi connectivity index (χ1v) is 19.9. The molecule has 1 N–H and O–H groups in total. The van der Waals surface area contributed by atoms with Crippen molar-refractivity contribution in [1.82, 2.24) is 8.97 Å². The topological polar surface area (TPSA) is 21.4 Å². The third-order valence-corrected chi connectivity index (χ3v) is 12.3. The average Bonchev–Trinajstić information content (AvgIpc) is 3.86. The van der Waals surface area contributed by atoms with Crippen LogP contribution in [0.4, 0.5) is 11.4 Å². The second kappa shape index (κ2) is 11.7. The van der Waals surface area contributed by atoms with Gasteiger partial charge in [0.05, 0.1) is 27.6 Å². The van der Waals surface area contributed by atoms with Crippen LogP contribution in [0.25, 0.3) is 98.3 Å². The number of fused-ring (bicyclic) bond motifs is 11. The molecule has 57 heavy (non-hydrogen) atoms. The molecule has 0 unspecified atom stereocenters. The number of nitrogens with one attached hydrogen (secondary N) is 1. The molecule has 0 fully saturated rings. The fraction of sp³-hybridized carbons (Fsp3) is 0.0741. The Hall–Kier alpha value is -7.10. The first kappa shape index (κ1) is 32.2. The van der Waals surface area contributed by atoms with Crippen molar-refractivity contribution >= 4 is 92.8 Å². The van der Waals surface area contributed by atoms with Crippen LogP contribution in [0.2, 0.25) is 0 Å². The monoisotopic (exact) mass is 729 g/mol. The van der Waals surface area contributed by atoms with Gasteiger partial charge in [-0.15, -0.1) is 0 Å². The molecule has 3 nitrogen and oxygen atoms in total. The van der Waals surface area contributed by atoms with E-state index >= 15 is 0 Å². The van der Waals surface area contributed by atoms with Crippen molar-refractivity contribution in [3.05, 3.63) is 181 Å². The van der Waals surface area contributed by atoms with Crippen LogP contribution in [-0.2, 0) is 5.41 Å². The fourth-order valence-electron chi connectivity index (χ4n) is 9.48. The zero-order valence-corrected chi connectivity index (χ0v) is 32.1. The summed E-state index contributed by atoms with van der Waals surface area (Å²) in [6.07, 6.45) is 0. The van der Waals surface area contributed by atoms with Gasteiger partial charge in [0.1, 0.15) is 0 Å². The summed E-state index contributed by atoms with van der Waals surface area (Å²) in [5.74, 6) is 0. The van der Waals surface area contributed by atoms with Crippen molar-refractivity contribution in [2.45, 2.75) is 26.2 Å². The molecular weight excluding hydrogens is 691 g/mol. The molecule has 0 spiro atoms. The molecule has 0 aliphatic rings. The number of aromatic nitrogens is 2. The van der Waals surface area contributed by atoms with Gasteiger partial charge in [0.25, 0.3) is 0 Å². The lowest BCUT2D eigenvalue weighted by Gasteiger charge is -2.19. The Kier molecular flexibility index (Phi) is 6.61. The van der Waals surface area contributed by atoms with Crippen LogP contribution in [0.5, 0.6) is 0 Å². The zero-order valence-electron chi connectivity index (χ0n) is 32.1. The molecule has 3 aromatic heterocycles. The van der Waals surface area contributed by atoms with E-state index in [1.54, 1.807) is 0 Å². The van der Waals surface area contributed by atoms with Crippen LogP contribution in [0.1, 0.15) is 26.3 Å². The largest absolute Gasteiger partial charge is 0.355 e. The molecule has 0 atom stereocenters. The summed E-state index contributed by atoms with van der Waals surface area (Å²) in [4.78, 5) is 0. The standard InChI is InChI=1S/C54H39N3/c1-54(2,3)38-31-46-44-27-34-21-23-39(55-48-18-10-7-15-41(48)33-13-5-4-6-14-33)25-36(34)29-51(44)57-52-30-37-26-40(24-22-35(37)28-45(52)47(32-38)53(46)57)56-49-19-11-8-16-42(49)43-17-9-12-20-50(43)56/h4-32,55H,1-3H3. The number of hydrogen-bond acceptors (Lipinski definition) is 1. The molecule has 3 heterocycles. The molecule has 0 aliphatic carbocycles. The molecule has 9 aromatic carbocycles. The minimum Gasteiger partial charge on any atom is -0.355 e. The molecule has 0 aliphatic heterocycles. The molecule has 0 amide bonds. The lowest BCUT2D eigenvalue weighted by molar-refractivity contribution is 0.592. The molecule has 270 valence electrons. The normalized spacial score (nSPS) is 12.5. The van der Waals surface area contributed by atoms with Gasteiger partial charge in [-0.05, 0) is 117 Å². The van der Waals surface area contributed by atoms with Crippen molar-refractivity contribution in [3.63, 3.8) is 0 Å². The van der Waals surface area contributed by atoms with E-state index in [2.05, 4.69) is 211 Å². The highest BCUT2D eigenvalue weighted by Crippen LogP contribution is 2.45. The van der Waals surface area contributed by atoms with Gasteiger partial charge < -0.3 is 14.3 Å². The van der Waals surface area contributed by atoms with Gasteiger partial charge in [-0.25, -0.2) is 0 Å². The summed E-state index contributed by atoms with van der Waals surface area (Å²) < 4.78 is 4.96. The van der Waals surface area contributed by atoms with Gasteiger partial charge in [0, 0.05) is 54.9 Å². The summed E-state index contributed by atoms with van der Waals surface area (Å²) >= 11 is 0. The summed E-state index contributed by atoms with van der Waals surface area (Å²) in [5, 5.41) is 16.5. The zero-order chi connectivity index (χ0) is 38.0. The van der Waals surface area contributed by atoms with Gasteiger partial charge in [-0.2, -0.15) is 0 Å². The van der Waals surface area contributed by atoms with Crippen LogP contribution in [-0.4, -0.2) is 8.97 Å². The van der Waals surface area contributed by atoms with Gasteiger partial charge in [0.15, 0.2) is 0 Å². The minimum atomic E-state index is 0.00336. The second-order valence-corrected chi connectivity index (χ2v) is 16.7. The molecular formula is C54H39N3. The van der Waals surface area contributed by atoms with Crippen LogP contribution in [0.3, 0.4) is 0 Å². The van der Waals surface area contributed by atoms with E-state index in [9.17, 15) is 0 Å². The van der Waals surface area contributed by atoms with E-state index in [4.69, 9.17) is 0 Å². The molecule has 0 saturated heterocycles. The quantitative estimate of drug-likeness (QED) is 0.191. The number of hydrogen-bond donors (Lipinski definition) is 1. The number of nitrogens with zero attached hydrogens (tertiary/aromatic N) is 2. The Balaban J connectivity index is 1.09. The van der Waals surface area contributed by atoms with Gasteiger partial charge in [0.2, 0.25) is 0 Å². The Morgan fingerprint density at radius 1 is 0.421 bits per heavy atom. The van der Waals surface area contributed by atoms with E-state index in [1.807, 2.05) is 0 Å². The fourth-order valence-corrected chi connectivity index (χ4v) is 9.48. The predicted octanol–water partition coefficient (Wildman–Crippen LogP) is 14.9. The maximum absolute atomic E-state index is 3.77. The Labute approximate surface area is 330 Å². The van der Waals surface area contributed by atoms with E-state index in [0.717, 1.165) is 11.4 Å². The first-order valence-electron chi connectivity index (χ1n) is 19.9. The Morgan fingerprint density at radius 2 is 1.00 bits per heavy atom. The van der Waals surface area contributed by atoms with Gasteiger partial charge in [-0.3, -0.25) is 0 Å². The van der Waals surface area contributed by atoms with Crippen LogP contribution < -0.4 is 5.32 Å². The maximum Gasteiger partial charge on any atom is 0.0620 e. The molecule has 3 heteroatoms. The predicted molar refractivity (Wildman–Crippen MR) is 244 cm³/mol. The minimum absolute atomic E-state index is 0.00336. The molecule has 12 aromatic rings. The molecule has 0 bridgehead atoms. The number of para-hydroxylation sites is 3. The summed E-state index contributed by atoms with van der Waals surface area (Å²) in [6, 6.07) is 65.0. The Bertz CT molecular complexity index is 3520. The van der Waals surface area contributed by atoms with Crippen molar-refractivity contribution in [1.29, 1.82) is 0 Å². The summed E-state index contributed by atoms with van der Waals surface area (Å²) in [6.45, 7) is 6.98. The lowest BCUT2D eigenvalue weighted by Crippen LogP contribution is -2.10. The molecule has 0 radical (unpaired) electrons. The average molecular weight is 730 g/mol. The third kappa shape index (κ3) is 4.79. The van der Waals surface area contributed by atoms with E-state index in [0.29, 0.717) is 0 Å². The maximum atomic E-state index is 3.77. The van der Waals surface area contributed by atoms with Crippen molar-refractivity contribution < 1.29 is 0 Å². The number of anilines is 2. The van der Waals surface area contributed by atoms with Crippen molar-refractivity contribution in [2.24, 2.45) is 0 Å². The number of rotatable bonds is 4. The second-order valence-electron chi connectivity index (χ2n) is 16.7. The number of benzene rings is 9. The van der Waals surface area contributed by atoms with Crippen molar-refractivity contribution in [2.75, 3.05) is 5.32 Å². The highest BCUT2D eigenvalue weighted by Gasteiger charge is 2.23. The highest BCUT2D eigenvalue weighted by molar-refractivity contribution is 6.26. The Morgan fingerprint density at radius 3 is 1.67 bits per heavy atom. The van der Waals surface area contributed by atoms with E-state index < -0.39 is 0 Å². The first-order chi connectivity index (χ1) is 27.9. The van der Waals surface area contributed by atoms with E-state index in [1.165, 1.54) is 104 Å². The molecule has 12 rings (SSSR count). The summed E-state index contributed by atoms with van der Waals surface area (Å²) in [5.41, 5.74) is 13.3. The highest BCUT2D eigenvalue weighted by atomic mass is 15.0. The van der Waals surface area contributed by atoms with Crippen LogP contribution in [0, 0.1) is 0 Å². The SMILES string of the molecule is CC(C)(C)c1cc2c3cc4ccc(Nc5ccccc5-c5ccccc5)cc4cc3n3c4cc5cc(-n6c7ccccc7c7ccccc76)ccc5cc4c(c1)c23. The van der Waals surface area contributed by atoms with Gasteiger partial charge in [-0.1, -0.05) is 118 Å². The van der Waals surface area contributed by atoms with Crippen LogP contribution >= 0.6 is 0 Å². The van der Waals surface area contributed by atoms with E-state index in [-0.39, 0.29) is 5.41 Å². The van der Waals surface area contributed by atoms with Crippen molar-refractivity contribution in [3.8, 4) is 16.8 Å². The van der Waals surface area contributed by atoms with Gasteiger partial charge >= 0.3 is 0 Å². The summed E-state index contributed by atoms with van der Waals surface area (Å²) in [7, 11) is 0. The smallest absolute Gasteiger partial charge is 0.0620 e. The third-order valence-electron chi connectivity index (χ3n) is 12.3.